The summed E-state index contributed by atoms with van der Waals surface area (Å²) in [5.41, 5.74) is 5.38. The van der Waals surface area contributed by atoms with Gasteiger partial charge in [-0.25, -0.2) is 0 Å². The highest BCUT2D eigenvalue weighted by molar-refractivity contribution is 5.91. The van der Waals surface area contributed by atoms with Crippen LogP contribution in [0.5, 0.6) is 0 Å². The molecule has 0 aliphatic rings. The van der Waals surface area contributed by atoms with Gasteiger partial charge in [-0.15, -0.1) is 0 Å². The number of carbonyl (C=O) groups excluding carboxylic acids is 1. The summed E-state index contributed by atoms with van der Waals surface area (Å²) in [6.45, 7) is 1.65. The lowest BCUT2D eigenvalue weighted by molar-refractivity contribution is 0.0922. The predicted molar refractivity (Wildman–Crippen MR) is 60.0 cm³/mol. The third kappa shape index (κ3) is 4.04. The van der Waals surface area contributed by atoms with Crippen LogP contribution in [-0.2, 0) is 11.3 Å². The Kier molecular flexibility index (Phi) is 5.60. The van der Waals surface area contributed by atoms with Crippen LogP contribution in [0.2, 0.25) is 0 Å². The van der Waals surface area contributed by atoms with E-state index in [1.807, 2.05) is 0 Å². The number of amides is 1. The molecule has 0 aliphatic carbocycles. The molecule has 0 aliphatic heterocycles. The number of nitrogens with one attached hydrogen (secondary N) is 1. The minimum atomic E-state index is -0.197. The van der Waals surface area contributed by atoms with Gasteiger partial charge in [0, 0.05) is 20.3 Å². The van der Waals surface area contributed by atoms with E-state index in [0.717, 1.165) is 12.8 Å². The maximum absolute atomic E-state index is 11.5. The summed E-state index contributed by atoms with van der Waals surface area (Å²) < 4.78 is 10.1. The van der Waals surface area contributed by atoms with Crippen molar-refractivity contribution in [1.82, 2.24) is 5.32 Å². The van der Waals surface area contributed by atoms with E-state index < -0.39 is 0 Å². The average molecular weight is 226 g/mol. The molecule has 1 aromatic rings. The molecule has 90 valence electrons. The number of furan rings is 1. The van der Waals surface area contributed by atoms with Gasteiger partial charge >= 0.3 is 0 Å². The van der Waals surface area contributed by atoms with Crippen molar-refractivity contribution in [2.45, 2.75) is 19.4 Å². The summed E-state index contributed by atoms with van der Waals surface area (Å²) in [4.78, 5) is 11.5. The van der Waals surface area contributed by atoms with Gasteiger partial charge in [0.25, 0.3) is 5.91 Å². The number of hydrogen-bond donors (Lipinski definition) is 2. The van der Waals surface area contributed by atoms with Crippen molar-refractivity contribution in [3.8, 4) is 0 Å². The van der Waals surface area contributed by atoms with Gasteiger partial charge in [-0.05, 0) is 25.0 Å². The molecule has 1 heterocycles. The van der Waals surface area contributed by atoms with E-state index in [1.54, 1.807) is 19.2 Å². The van der Waals surface area contributed by atoms with Crippen LogP contribution in [-0.4, -0.2) is 26.2 Å². The molecule has 0 radical (unpaired) electrons. The molecule has 3 N–H and O–H groups in total. The second-order valence-corrected chi connectivity index (χ2v) is 3.43. The number of nitrogens with two attached hydrogens (primary N) is 1. The monoisotopic (exact) mass is 226 g/mol. The zero-order valence-corrected chi connectivity index (χ0v) is 9.49. The smallest absolute Gasteiger partial charge is 0.286 e. The van der Waals surface area contributed by atoms with Crippen molar-refractivity contribution >= 4 is 5.91 Å². The number of methoxy groups -OCH3 is 1. The van der Waals surface area contributed by atoms with Crippen molar-refractivity contribution in [3.63, 3.8) is 0 Å². The number of hydrogen-bond acceptors (Lipinski definition) is 4. The van der Waals surface area contributed by atoms with Crippen LogP contribution in [0.4, 0.5) is 0 Å². The number of carbonyl (C=O) groups is 1. The highest BCUT2D eigenvalue weighted by atomic mass is 16.5. The first-order chi connectivity index (χ1) is 7.77. The van der Waals surface area contributed by atoms with Crippen LogP contribution in [0.1, 0.15) is 29.2 Å². The topological polar surface area (TPSA) is 77.5 Å². The maximum Gasteiger partial charge on any atom is 0.286 e. The molecule has 0 spiro atoms. The van der Waals surface area contributed by atoms with Gasteiger partial charge in [0.15, 0.2) is 5.76 Å². The van der Waals surface area contributed by atoms with Gasteiger partial charge in [-0.2, -0.15) is 0 Å². The van der Waals surface area contributed by atoms with Gasteiger partial charge in [-0.3, -0.25) is 4.79 Å². The van der Waals surface area contributed by atoms with Gasteiger partial charge in [0.05, 0.1) is 6.54 Å². The van der Waals surface area contributed by atoms with E-state index >= 15 is 0 Å². The molecule has 1 aromatic heterocycles. The predicted octanol–water partition coefficient (Wildman–Crippen LogP) is 0.895. The van der Waals surface area contributed by atoms with Crippen molar-refractivity contribution in [1.29, 1.82) is 0 Å². The lowest BCUT2D eigenvalue weighted by Crippen LogP contribution is -2.24. The zero-order chi connectivity index (χ0) is 11.8. The molecule has 1 rings (SSSR count). The fraction of sp³-hybridized carbons (Fsp3) is 0.545. The summed E-state index contributed by atoms with van der Waals surface area (Å²) in [7, 11) is 1.66. The quantitative estimate of drug-likeness (QED) is 0.677. The number of rotatable bonds is 7. The second kappa shape index (κ2) is 7.03. The molecule has 0 fully saturated rings. The van der Waals surface area contributed by atoms with Crippen LogP contribution in [0.3, 0.4) is 0 Å². The Morgan fingerprint density at radius 1 is 1.50 bits per heavy atom. The van der Waals surface area contributed by atoms with Crippen LogP contribution in [0.15, 0.2) is 16.5 Å². The van der Waals surface area contributed by atoms with Crippen LogP contribution >= 0.6 is 0 Å². The van der Waals surface area contributed by atoms with Gasteiger partial charge < -0.3 is 20.2 Å². The Bertz CT molecular complexity index is 323. The molecule has 16 heavy (non-hydrogen) atoms. The van der Waals surface area contributed by atoms with E-state index in [2.05, 4.69) is 5.32 Å². The van der Waals surface area contributed by atoms with Crippen molar-refractivity contribution in [3.05, 3.63) is 23.7 Å². The first-order valence-corrected chi connectivity index (χ1v) is 5.34. The molecule has 0 atom stereocenters. The summed E-state index contributed by atoms with van der Waals surface area (Å²) in [6, 6.07) is 3.34. The van der Waals surface area contributed by atoms with E-state index in [4.69, 9.17) is 14.9 Å². The molecule has 5 heteroatoms. The molecule has 1 amide bonds. The van der Waals surface area contributed by atoms with Gasteiger partial charge in [0.2, 0.25) is 0 Å². The Hall–Kier alpha value is -1.33. The van der Waals surface area contributed by atoms with E-state index in [0.29, 0.717) is 31.2 Å². The first-order valence-electron chi connectivity index (χ1n) is 5.34. The minimum absolute atomic E-state index is 0.197. The molecule has 0 unspecified atom stereocenters. The SMILES string of the molecule is COCCCCNC(=O)c1ccc(CN)o1. The highest BCUT2D eigenvalue weighted by Crippen LogP contribution is 2.06. The second-order valence-electron chi connectivity index (χ2n) is 3.43. The molecule has 0 saturated carbocycles. The van der Waals surface area contributed by atoms with Crippen LogP contribution < -0.4 is 11.1 Å². The molecule has 0 aromatic carbocycles. The summed E-state index contributed by atoms with van der Waals surface area (Å²) >= 11 is 0. The summed E-state index contributed by atoms with van der Waals surface area (Å²) in [6.07, 6.45) is 1.83. The van der Waals surface area contributed by atoms with E-state index in [1.165, 1.54) is 0 Å². The van der Waals surface area contributed by atoms with Gasteiger partial charge in [-0.1, -0.05) is 0 Å². The lowest BCUT2D eigenvalue weighted by Gasteiger charge is -2.02. The zero-order valence-electron chi connectivity index (χ0n) is 9.49. The fourth-order valence-electron chi connectivity index (χ4n) is 1.27. The average Bonchev–Trinajstić information content (AvgIpc) is 2.77. The third-order valence-electron chi connectivity index (χ3n) is 2.15. The summed E-state index contributed by atoms with van der Waals surface area (Å²) in [5, 5.41) is 2.77. The van der Waals surface area contributed by atoms with Gasteiger partial charge in [0.1, 0.15) is 5.76 Å². The Labute approximate surface area is 94.9 Å². The largest absolute Gasteiger partial charge is 0.455 e. The lowest BCUT2D eigenvalue weighted by atomic mass is 10.3. The molecular weight excluding hydrogens is 208 g/mol. The van der Waals surface area contributed by atoms with Crippen molar-refractivity contribution in [2.24, 2.45) is 5.73 Å². The van der Waals surface area contributed by atoms with Crippen molar-refractivity contribution in [2.75, 3.05) is 20.3 Å². The van der Waals surface area contributed by atoms with E-state index in [9.17, 15) is 4.79 Å². The number of unbranched alkanes of at least 4 members (excludes halogenated alkanes) is 1. The maximum atomic E-state index is 11.5. The van der Waals surface area contributed by atoms with Crippen LogP contribution in [0.25, 0.3) is 0 Å². The Morgan fingerprint density at radius 3 is 2.94 bits per heavy atom. The van der Waals surface area contributed by atoms with Crippen molar-refractivity contribution < 1.29 is 13.9 Å². The Morgan fingerprint density at radius 2 is 2.31 bits per heavy atom. The normalized spacial score (nSPS) is 10.4. The Balaban J connectivity index is 2.24. The third-order valence-corrected chi connectivity index (χ3v) is 2.15. The fourth-order valence-corrected chi connectivity index (χ4v) is 1.27. The highest BCUT2D eigenvalue weighted by Gasteiger charge is 2.09. The molecule has 0 bridgehead atoms. The standard InChI is InChI=1S/C11H18N2O3/c1-15-7-3-2-6-13-11(14)10-5-4-9(8-12)16-10/h4-5H,2-3,6-8,12H2,1H3,(H,13,14). The molecular formula is C11H18N2O3. The number of ether oxygens (including phenoxy) is 1. The van der Waals surface area contributed by atoms with Crippen LogP contribution in [0, 0.1) is 0 Å². The van der Waals surface area contributed by atoms with E-state index in [-0.39, 0.29) is 5.91 Å². The first kappa shape index (κ1) is 12.7. The molecule has 5 nitrogen and oxygen atoms in total. The summed E-state index contributed by atoms with van der Waals surface area (Å²) in [5.74, 6) is 0.730. The minimum Gasteiger partial charge on any atom is -0.455 e. The molecule has 0 saturated heterocycles.